The first-order valence-electron chi connectivity index (χ1n) is 7.42. The number of fused-ring (bicyclic) bond motifs is 1. The van der Waals surface area contributed by atoms with E-state index in [4.69, 9.17) is 10.6 Å². The van der Waals surface area contributed by atoms with E-state index in [0.717, 1.165) is 0 Å². The molecular formula is C17H15Br2F2N3O2. The van der Waals surface area contributed by atoms with Crippen molar-refractivity contribution in [3.8, 4) is 0 Å². The fraction of sp³-hybridized carbons (Fsp3) is 0.118. The minimum absolute atomic E-state index is 0.286. The Bertz CT molecular complexity index is 932. The monoisotopic (exact) mass is 489 g/mol. The van der Waals surface area contributed by atoms with Crippen molar-refractivity contribution in [2.45, 2.75) is 6.92 Å². The van der Waals surface area contributed by atoms with Gasteiger partial charge in [0.05, 0.1) is 17.8 Å². The number of hydrogen-bond donors (Lipinski definition) is 3. The fourth-order valence-corrected chi connectivity index (χ4v) is 3.10. The molecule has 0 unspecified atom stereocenters. The molecule has 3 rings (SSSR count). The van der Waals surface area contributed by atoms with Crippen LogP contribution >= 0.6 is 31.9 Å². The zero-order chi connectivity index (χ0) is 19.3. The van der Waals surface area contributed by atoms with E-state index in [1.807, 2.05) is 0 Å². The quantitative estimate of drug-likeness (QED) is 0.270. The van der Waals surface area contributed by atoms with Crippen molar-refractivity contribution in [3.05, 3.63) is 62.7 Å². The lowest BCUT2D eigenvalue weighted by atomic mass is 10.2. The van der Waals surface area contributed by atoms with Crippen LogP contribution in [0.1, 0.15) is 17.4 Å². The molecule has 3 aromatic rings. The molecule has 0 saturated heterocycles. The van der Waals surface area contributed by atoms with Crippen LogP contribution in [0, 0.1) is 11.6 Å². The summed E-state index contributed by atoms with van der Waals surface area (Å²) in [5, 5.41) is 0.634. The maximum atomic E-state index is 13.1. The van der Waals surface area contributed by atoms with Gasteiger partial charge >= 0.3 is 5.97 Å². The largest absolute Gasteiger partial charge is 0.461 e. The maximum absolute atomic E-state index is 13.1. The number of carbonyl (C=O) groups excluding carboxylic acids is 1. The molecule has 0 aliphatic rings. The van der Waals surface area contributed by atoms with Gasteiger partial charge in [-0.2, -0.15) is 0 Å². The summed E-state index contributed by atoms with van der Waals surface area (Å²) in [6, 6.07) is 8.50. The number of nitrogen functional groups attached to an aromatic ring is 1. The van der Waals surface area contributed by atoms with Crippen LogP contribution in [0.4, 0.5) is 14.5 Å². The van der Waals surface area contributed by atoms with Crippen molar-refractivity contribution in [2.75, 3.05) is 12.0 Å². The van der Waals surface area contributed by atoms with Gasteiger partial charge in [-0.25, -0.2) is 13.6 Å². The molecule has 26 heavy (non-hydrogen) atoms. The fourth-order valence-electron chi connectivity index (χ4n) is 2.09. The number of hydrazine groups is 1. The highest BCUT2D eigenvalue weighted by Crippen LogP contribution is 2.26. The molecule has 0 atom stereocenters. The van der Waals surface area contributed by atoms with Gasteiger partial charge < -0.3 is 15.1 Å². The number of aromatic nitrogens is 1. The van der Waals surface area contributed by atoms with Crippen molar-refractivity contribution in [2.24, 2.45) is 5.84 Å². The van der Waals surface area contributed by atoms with Crippen LogP contribution in [0.15, 0.2) is 45.3 Å². The smallest absolute Gasteiger partial charge is 0.354 e. The molecule has 0 aliphatic carbocycles. The SMILES string of the molecule is CCOC(=O)c1cc2cc(F)cc(Br)c2[nH]1.NNc1ccc(F)cc1Br. The van der Waals surface area contributed by atoms with Crippen LogP contribution in [0.25, 0.3) is 10.9 Å². The third-order valence-corrected chi connectivity index (χ3v) is 4.51. The summed E-state index contributed by atoms with van der Waals surface area (Å²) in [6.07, 6.45) is 0. The van der Waals surface area contributed by atoms with E-state index in [1.165, 1.54) is 24.3 Å². The Morgan fingerprint density at radius 3 is 2.46 bits per heavy atom. The Morgan fingerprint density at radius 2 is 1.85 bits per heavy atom. The highest BCUT2D eigenvalue weighted by atomic mass is 79.9. The Labute approximate surface area is 165 Å². The molecule has 5 nitrogen and oxygen atoms in total. The Kier molecular flexibility index (Phi) is 7.13. The number of benzene rings is 2. The van der Waals surface area contributed by atoms with Crippen molar-refractivity contribution < 1.29 is 18.3 Å². The van der Waals surface area contributed by atoms with Crippen LogP contribution < -0.4 is 11.3 Å². The topological polar surface area (TPSA) is 80.1 Å². The molecule has 2 aromatic carbocycles. The van der Waals surface area contributed by atoms with Gasteiger partial charge in [-0.3, -0.25) is 5.84 Å². The average molecular weight is 491 g/mol. The third-order valence-electron chi connectivity index (χ3n) is 3.23. The highest BCUT2D eigenvalue weighted by molar-refractivity contribution is 9.11. The number of esters is 1. The predicted octanol–water partition coefficient (Wildman–Crippen LogP) is 5.12. The van der Waals surface area contributed by atoms with Crippen molar-refractivity contribution >= 4 is 54.4 Å². The van der Waals surface area contributed by atoms with E-state index in [0.29, 0.717) is 37.8 Å². The number of rotatable bonds is 3. The van der Waals surface area contributed by atoms with Gasteiger partial charge in [0.15, 0.2) is 0 Å². The van der Waals surface area contributed by atoms with Crippen molar-refractivity contribution in [3.63, 3.8) is 0 Å². The van der Waals surface area contributed by atoms with Gasteiger partial charge in [-0.15, -0.1) is 0 Å². The summed E-state index contributed by atoms with van der Waals surface area (Å²) in [4.78, 5) is 14.3. The molecule has 9 heteroatoms. The molecule has 0 bridgehead atoms. The zero-order valence-corrected chi connectivity index (χ0v) is 16.7. The number of anilines is 1. The number of carbonyl (C=O) groups is 1. The summed E-state index contributed by atoms with van der Waals surface area (Å²) in [7, 11) is 0. The van der Waals surface area contributed by atoms with Crippen LogP contribution in [0.2, 0.25) is 0 Å². The lowest BCUT2D eigenvalue weighted by molar-refractivity contribution is 0.0520. The molecule has 0 radical (unpaired) electrons. The van der Waals surface area contributed by atoms with Crippen LogP contribution in [0.3, 0.4) is 0 Å². The number of nitrogens with two attached hydrogens (primary N) is 1. The van der Waals surface area contributed by atoms with Gasteiger partial charge in [0.2, 0.25) is 0 Å². The molecule has 138 valence electrons. The van der Waals surface area contributed by atoms with Gasteiger partial charge in [-0.05, 0) is 75.2 Å². The summed E-state index contributed by atoms with van der Waals surface area (Å²) in [6.45, 7) is 2.04. The second kappa shape index (κ2) is 9.11. The van der Waals surface area contributed by atoms with Gasteiger partial charge in [0.25, 0.3) is 0 Å². The summed E-state index contributed by atoms with van der Waals surface area (Å²) in [5.74, 6) is 4.02. The first-order chi connectivity index (χ1) is 12.3. The lowest BCUT2D eigenvalue weighted by Gasteiger charge is -2.00. The summed E-state index contributed by atoms with van der Waals surface area (Å²) >= 11 is 6.35. The van der Waals surface area contributed by atoms with Gasteiger partial charge in [-0.1, -0.05) is 0 Å². The number of aromatic amines is 1. The van der Waals surface area contributed by atoms with E-state index >= 15 is 0 Å². The molecule has 4 N–H and O–H groups in total. The highest BCUT2D eigenvalue weighted by Gasteiger charge is 2.12. The van der Waals surface area contributed by atoms with Gasteiger partial charge in [0, 0.05) is 14.3 Å². The molecule has 0 fully saturated rings. The number of hydrogen-bond acceptors (Lipinski definition) is 4. The first kappa shape index (κ1) is 20.3. The maximum Gasteiger partial charge on any atom is 0.354 e. The minimum Gasteiger partial charge on any atom is -0.461 e. The number of H-pyrrole nitrogens is 1. The zero-order valence-electron chi connectivity index (χ0n) is 13.6. The Hall–Kier alpha value is -1.97. The molecule has 0 aliphatic heterocycles. The van der Waals surface area contributed by atoms with E-state index in [-0.39, 0.29) is 11.6 Å². The van der Waals surface area contributed by atoms with Gasteiger partial charge in [0.1, 0.15) is 17.3 Å². The third kappa shape index (κ3) is 5.03. The second-order valence-corrected chi connectivity index (χ2v) is 6.73. The standard InChI is InChI=1S/C11H9BrFNO2.C6H6BrFN2/c1-2-16-11(15)9-4-6-3-7(13)5-8(12)10(6)14-9;7-5-3-4(8)1-2-6(5)10-9/h3-5,14H,2H2,1H3;1-3,10H,9H2. The van der Waals surface area contributed by atoms with Crippen molar-refractivity contribution in [1.82, 2.24) is 4.98 Å². The minimum atomic E-state index is -0.439. The summed E-state index contributed by atoms with van der Waals surface area (Å²) < 4.78 is 31.5. The molecule has 0 amide bonds. The predicted molar refractivity (Wildman–Crippen MR) is 104 cm³/mol. The first-order valence-corrected chi connectivity index (χ1v) is 9.00. The van der Waals surface area contributed by atoms with Crippen molar-refractivity contribution in [1.29, 1.82) is 0 Å². The molecule has 0 saturated carbocycles. The van der Waals surface area contributed by atoms with E-state index in [2.05, 4.69) is 42.3 Å². The second-order valence-electron chi connectivity index (χ2n) is 5.02. The number of nitrogens with one attached hydrogen (secondary N) is 2. The molecule has 1 aromatic heterocycles. The van der Waals surface area contributed by atoms with Crippen LogP contribution in [-0.2, 0) is 4.74 Å². The number of halogens is 4. The van der Waals surface area contributed by atoms with Crippen LogP contribution in [0.5, 0.6) is 0 Å². The molecule has 1 heterocycles. The molecule has 0 spiro atoms. The number of ether oxygens (including phenoxy) is 1. The van der Waals surface area contributed by atoms with Crippen LogP contribution in [-0.4, -0.2) is 17.6 Å². The van der Waals surface area contributed by atoms with E-state index in [9.17, 15) is 13.6 Å². The summed E-state index contributed by atoms with van der Waals surface area (Å²) in [5.41, 5.74) is 4.08. The van der Waals surface area contributed by atoms with E-state index in [1.54, 1.807) is 19.1 Å². The normalized spacial score (nSPS) is 10.2. The lowest BCUT2D eigenvalue weighted by Crippen LogP contribution is -2.07. The Balaban J connectivity index is 0.000000209. The van der Waals surface area contributed by atoms with E-state index < -0.39 is 5.97 Å². The average Bonchev–Trinajstić information content (AvgIpc) is 3.00. The Morgan fingerprint density at radius 1 is 1.15 bits per heavy atom. The molecular weight excluding hydrogens is 476 g/mol.